The molecule has 0 saturated heterocycles. The standard InChI is InChI=1S/C13H18N2O2S/c1-2-3-8-15(10-12(14)16)13(17)7-6-11-5-4-9-18-11/h4-7,9H,2-3,8,10H2,1H3,(H2,14,16). The normalized spacial score (nSPS) is 10.7. The zero-order chi connectivity index (χ0) is 13.4. The first-order valence-electron chi connectivity index (χ1n) is 5.92. The van der Waals surface area contributed by atoms with E-state index in [1.54, 1.807) is 17.4 Å². The highest BCUT2D eigenvalue weighted by atomic mass is 32.1. The number of hydrogen-bond acceptors (Lipinski definition) is 3. The third-order valence-corrected chi connectivity index (χ3v) is 3.21. The molecule has 2 amide bonds. The Kier molecular flexibility index (Phi) is 6.14. The summed E-state index contributed by atoms with van der Waals surface area (Å²) in [5.74, 6) is -0.653. The summed E-state index contributed by atoms with van der Waals surface area (Å²) in [6.45, 7) is 2.58. The molecule has 1 aromatic heterocycles. The topological polar surface area (TPSA) is 63.4 Å². The van der Waals surface area contributed by atoms with Crippen LogP contribution in [0.25, 0.3) is 6.08 Å². The second-order valence-corrected chi connectivity index (χ2v) is 4.91. The maximum absolute atomic E-state index is 11.9. The fourth-order valence-electron chi connectivity index (χ4n) is 1.45. The lowest BCUT2D eigenvalue weighted by Crippen LogP contribution is -2.38. The molecule has 0 atom stereocenters. The SMILES string of the molecule is CCCCN(CC(N)=O)C(=O)C=Cc1cccs1. The van der Waals surface area contributed by atoms with Gasteiger partial charge in [0.1, 0.15) is 0 Å². The van der Waals surface area contributed by atoms with Crippen molar-refractivity contribution < 1.29 is 9.59 Å². The fraction of sp³-hybridized carbons (Fsp3) is 0.385. The van der Waals surface area contributed by atoms with Crippen LogP contribution >= 0.6 is 11.3 Å². The number of thiophene rings is 1. The van der Waals surface area contributed by atoms with E-state index in [1.165, 1.54) is 11.0 Å². The third kappa shape index (κ3) is 5.14. The first kappa shape index (κ1) is 14.4. The summed E-state index contributed by atoms with van der Waals surface area (Å²) < 4.78 is 0. The minimum absolute atomic E-state index is 0.0202. The number of nitrogens with two attached hydrogens (primary N) is 1. The summed E-state index contributed by atoms with van der Waals surface area (Å²) >= 11 is 1.56. The van der Waals surface area contributed by atoms with Crippen LogP contribution in [-0.4, -0.2) is 29.8 Å². The van der Waals surface area contributed by atoms with Crippen LogP contribution in [0.5, 0.6) is 0 Å². The molecule has 0 saturated carbocycles. The van der Waals surface area contributed by atoms with Crippen molar-refractivity contribution in [3.8, 4) is 0 Å². The number of carbonyl (C=O) groups is 2. The second kappa shape index (κ2) is 7.66. The van der Waals surface area contributed by atoms with Crippen molar-refractivity contribution in [2.75, 3.05) is 13.1 Å². The number of hydrogen-bond donors (Lipinski definition) is 1. The average molecular weight is 266 g/mol. The molecule has 1 heterocycles. The molecule has 0 aliphatic carbocycles. The minimum Gasteiger partial charge on any atom is -0.368 e. The van der Waals surface area contributed by atoms with Gasteiger partial charge >= 0.3 is 0 Å². The van der Waals surface area contributed by atoms with E-state index in [0.29, 0.717) is 6.54 Å². The summed E-state index contributed by atoms with van der Waals surface area (Å²) in [5.41, 5.74) is 5.14. The summed E-state index contributed by atoms with van der Waals surface area (Å²) in [4.78, 5) is 25.3. The Morgan fingerprint density at radius 1 is 1.50 bits per heavy atom. The zero-order valence-electron chi connectivity index (χ0n) is 10.5. The van der Waals surface area contributed by atoms with E-state index in [9.17, 15) is 9.59 Å². The summed E-state index contributed by atoms with van der Waals surface area (Å²) in [5, 5.41) is 1.95. The maximum Gasteiger partial charge on any atom is 0.247 e. The van der Waals surface area contributed by atoms with Gasteiger partial charge in [-0.1, -0.05) is 19.4 Å². The summed E-state index contributed by atoms with van der Waals surface area (Å²) in [6, 6.07) is 3.85. The first-order chi connectivity index (χ1) is 8.63. The van der Waals surface area contributed by atoms with Crippen LogP contribution in [0.1, 0.15) is 24.6 Å². The Balaban J connectivity index is 2.60. The molecule has 0 unspecified atom stereocenters. The van der Waals surface area contributed by atoms with Crippen molar-refractivity contribution in [2.24, 2.45) is 5.73 Å². The van der Waals surface area contributed by atoms with Gasteiger partial charge in [-0.05, 0) is 23.9 Å². The van der Waals surface area contributed by atoms with Crippen molar-refractivity contribution in [2.45, 2.75) is 19.8 Å². The van der Waals surface area contributed by atoms with E-state index >= 15 is 0 Å². The van der Waals surface area contributed by atoms with E-state index in [4.69, 9.17) is 5.73 Å². The highest BCUT2D eigenvalue weighted by Crippen LogP contribution is 2.10. The largest absolute Gasteiger partial charge is 0.368 e. The molecule has 2 N–H and O–H groups in total. The summed E-state index contributed by atoms with van der Waals surface area (Å²) in [7, 11) is 0. The van der Waals surface area contributed by atoms with Gasteiger partial charge in [0, 0.05) is 17.5 Å². The molecular weight excluding hydrogens is 248 g/mol. The van der Waals surface area contributed by atoms with E-state index in [1.807, 2.05) is 24.4 Å². The van der Waals surface area contributed by atoms with Crippen LogP contribution in [0, 0.1) is 0 Å². The van der Waals surface area contributed by atoms with E-state index in [0.717, 1.165) is 17.7 Å². The monoisotopic (exact) mass is 266 g/mol. The first-order valence-corrected chi connectivity index (χ1v) is 6.80. The lowest BCUT2D eigenvalue weighted by atomic mass is 10.3. The molecule has 5 heteroatoms. The van der Waals surface area contributed by atoms with Gasteiger partial charge in [-0.3, -0.25) is 9.59 Å². The second-order valence-electron chi connectivity index (χ2n) is 3.93. The maximum atomic E-state index is 11.9. The summed E-state index contributed by atoms with van der Waals surface area (Å²) in [6.07, 6.45) is 5.08. The number of rotatable bonds is 7. The van der Waals surface area contributed by atoms with Gasteiger partial charge in [0.2, 0.25) is 11.8 Å². The Hall–Kier alpha value is -1.62. The lowest BCUT2D eigenvalue weighted by Gasteiger charge is -2.18. The van der Waals surface area contributed by atoms with Gasteiger partial charge < -0.3 is 10.6 Å². The highest BCUT2D eigenvalue weighted by molar-refractivity contribution is 7.10. The van der Waals surface area contributed by atoms with Gasteiger partial charge in [-0.2, -0.15) is 0 Å². The van der Waals surface area contributed by atoms with Crippen LogP contribution in [-0.2, 0) is 9.59 Å². The Bertz CT molecular complexity index is 413. The number of nitrogens with zero attached hydrogens (tertiary/aromatic N) is 1. The number of amides is 2. The number of primary amides is 1. The predicted molar refractivity (Wildman–Crippen MR) is 74.0 cm³/mol. The number of carbonyl (C=O) groups excluding carboxylic acids is 2. The molecule has 0 aliphatic heterocycles. The van der Waals surface area contributed by atoms with E-state index in [2.05, 4.69) is 0 Å². The van der Waals surface area contributed by atoms with E-state index < -0.39 is 5.91 Å². The average Bonchev–Trinajstić information content (AvgIpc) is 2.84. The minimum atomic E-state index is -0.482. The molecule has 1 aromatic rings. The highest BCUT2D eigenvalue weighted by Gasteiger charge is 2.12. The van der Waals surface area contributed by atoms with Crippen molar-refractivity contribution in [1.82, 2.24) is 4.90 Å². The van der Waals surface area contributed by atoms with Crippen molar-refractivity contribution >= 4 is 29.2 Å². The molecule has 0 fully saturated rings. The molecule has 0 radical (unpaired) electrons. The zero-order valence-corrected chi connectivity index (χ0v) is 11.3. The van der Waals surface area contributed by atoms with Crippen molar-refractivity contribution in [1.29, 1.82) is 0 Å². The van der Waals surface area contributed by atoms with Gasteiger partial charge in [0.25, 0.3) is 0 Å². The van der Waals surface area contributed by atoms with Crippen molar-refractivity contribution in [3.63, 3.8) is 0 Å². The Labute approximate surface area is 111 Å². The van der Waals surface area contributed by atoms with Gasteiger partial charge in [-0.25, -0.2) is 0 Å². The Morgan fingerprint density at radius 2 is 2.28 bits per heavy atom. The smallest absolute Gasteiger partial charge is 0.247 e. The molecular formula is C13H18N2O2S. The van der Waals surface area contributed by atoms with Gasteiger partial charge in [0.05, 0.1) is 6.54 Å². The quantitative estimate of drug-likeness (QED) is 0.766. The van der Waals surface area contributed by atoms with Crippen LogP contribution in [0.2, 0.25) is 0 Å². The molecule has 0 aromatic carbocycles. The fourth-order valence-corrected chi connectivity index (χ4v) is 2.07. The molecule has 0 spiro atoms. The van der Waals surface area contributed by atoms with E-state index in [-0.39, 0.29) is 12.5 Å². The molecule has 18 heavy (non-hydrogen) atoms. The Morgan fingerprint density at radius 3 is 2.83 bits per heavy atom. The van der Waals surface area contributed by atoms with Gasteiger partial charge in [-0.15, -0.1) is 11.3 Å². The molecule has 4 nitrogen and oxygen atoms in total. The number of unbranched alkanes of at least 4 members (excludes halogenated alkanes) is 1. The van der Waals surface area contributed by atoms with Crippen molar-refractivity contribution in [3.05, 3.63) is 28.5 Å². The molecule has 0 aliphatic rings. The van der Waals surface area contributed by atoms with Crippen LogP contribution in [0.4, 0.5) is 0 Å². The van der Waals surface area contributed by atoms with Crippen LogP contribution < -0.4 is 5.73 Å². The third-order valence-electron chi connectivity index (χ3n) is 2.37. The predicted octanol–water partition coefficient (Wildman–Crippen LogP) is 1.88. The van der Waals surface area contributed by atoms with Gasteiger partial charge in [0.15, 0.2) is 0 Å². The molecule has 1 rings (SSSR count). The van der Waals surface area contributed by atoms with Crippen LogP contribution in [0.3, 0.4) is 0 Å². The molecule has 0 bridgehead atoms. The lowest BCUT2D eigenvalue weighted by molar-refractivity contribution is -0.131. The van der Waals surface area contributed by atoms with Crippen LogP contribution in [0.15, 0.2) is 23.6 Å². The molecule has 98 valence electrons.